The fraction of sp³-hybridized carbons (Fsp3) is 0.150. The zero-order valence-electron chi connectivity index (χ0n) is 14.9. The second-order valence-corrected chi connectivity index (χ2v) is 6.30. The number of aryl methyl sites for hydroxylation is 2. The van der Waals surface area contributed by atoms with Crippen LogP contribution in [0.1, 0.15) is 21.7 Å². The van der Waals surface area contributed by atoms with Crippen molar-refractivity contribution in [3.63, 3.8) is 0 Å². The van der Waals surface area contributed by atoms with Crippen LogP contribution in [0.5, 0.6) is 0 Å². The number of nitrogens with one attached hydrogen (secondary N) is 1. The number of aromatic nitrogens is 4. The van der Waals surface area contributed by atoms with Gasteiger partial charge in [0.15, 0.2) is 0 Å². The van der Waals surface area contributed by atoms with Crippen molar-refractivity contribution in [2.45, 2.75) is 13.8 Å². The highest BCUT2D eigenvalue weighted by molar-refractivity contribution is 6.06. The highest BCUT2D eigenvalue weighted by Crippen LogP contribution is 2.23. The number of hydrogen-bond donors (Lipinski definition) is 1. The number of fused-ring (bicyclic) bond motifs is 1. The van der Waals surface area contributed by atoms with Crippen molar-refractivity contribution >= 4 is 17.2 Å². The third-order valence-electron chi connectivity index (χ3n) is 4.52. The van der Waals surface area contributed by atoms with Crippen molar-refractivity contribution < 1.29 is 4.79 Å². The molecule has 0 fully saturated rings. The van der Waals surface area contributed by atoms with Gasteiger partial charge in [-0.1, -0.05) is 18.2 Å². The smallest absolute Gasteiger partial charge is 0.259 e. The highest BCUT2D eigenvalue weighted by atomic mass is 16.1. The molecule has 4 aromatic rings. The predicted octanol–water partition coefficient (Wildman–Crippen LogP) is 3.60. The predicted molar refractivity (Wildman–Crippen MR) is 101 cm³/mol. The maximum atomic E-state index is 12.7. The molecule has 0 aliphatic carbocycles. The highest BCUT2D eigenvalue weighted by Gasteiger charge is 2.17. The van der Waals surface area contributed by atoms with Gasteiger partial charge in [0, 0.05) is 36.4 Å². The number of hydrogen-bond acceptors (Lipinski definition) is 3. The molecule has 130 valence electrons. The average Bonchev–Trinajstić information content (AvgIpc) is 3.16. The van der Waals surface area contributed by atoms with Gasteiger partial charge >= 0.3 is 0 Å². The number of pyridine rings is 1. The molecule has 1 N–H and O–H groups in total. The lowest BCUT2D eigenvalue weighted by Crippen LogP contribution is -2.14. The summed E-state index contributed by atoms with van der Waals surface area (Å²) in [5.74, 6) is -0.153. The first kappa shape index (κ1) is 16.1. The molecular formula is C20H19N5O. The van der Waals surface area contributed by atoms with E-state index in [1.807, 2.05) is 80.2 Å². The Morgan fingerprint density at radius 2 is 1.96 bits per heavy atom. The Labute approximate surface area is 151 Å². The minimum Gasteiger partial charge on any atom is -0.322 e. The molecule has 1 amide bonds. The largest absolute Gasteiger partial charge is 0.322 e. The van der Waals surface area contributed by atoms with Crippen LogP contribution in [0.2, 0.25) is 0 Å². The molecule has 0 radical (unpaired) electrons. The molecule has 0 aliphatic heterocycles. The second-order valence-electron chi connectivity index (χ2n) is 6.30. The van der Waals surface area contributed by atoms with Crippen molar-refractivity contribution in [1.29, 1.82) is 0 Å². The van der Waals surface area contributed by atoms with E-state index in [0.717, 1.165) is 34.0 Å². The van der Waals surface area contributed by atoms with Gasteiger partial charge in [-0.25, -0.2) is 4.98 Å². The minimum absolute atomic E-state index is 0.153. The summed E-state index contributed by atoms with van der Waals surface area (Å²) in [5.41, 5.74) is 5.61. The van der Waals surface area contributed by atoms with Crippen molar-refractivity contribution in [2.24, 2.45) is 7.05 Å². The third-order valence-corrected chi connectivity index (χ3v) is 4.52. The van der Waals surface area contributed by atoms with Crippen molar-refractivity contribution in [1.82, 2.24) is 19.2 Å². The summed E-state index contributed by atoms with van der Waals surface area (Å²) in [5, 5.41) is 7.28. The molecule has 0 spiro atoms. The van der Waals surface area contributed by atoms with E-state index in [-0.39, 0.29) is 5.91 Å². The van der Waals surface area contributed by atoms with E-state index in [2.05, 4.69) is 15.4 Å². The van der Waals surface area contributed by atoms with Crippen LogP contribution in [-0.4, -0.2) is 25.1 Å². The first-order chi connectivity index (χ1) is 12.5. The Morgan fingerprint density at radius 3 is 2.69 bits per heavy atom. The van der Waals surface area contributed by atoms with Crippen LogP contribution in [0.15, 0.2) is 54.9 Å². The molecule has 1 aromatic carbocycles. The summed E-state index contributed by atoms with van der Waals surface area (Å²) in [6.45, 7) is 3.73. The van der Waals surface area contributed by atoms with E-state index < -0.39 is 0 Å². The lowest BCUT2D eigenvalue weighted by Gasteiger charge is -2.07. The molecule has 26 heavy (non-hydrogen) atoms. The van der Waals surface area contributed by atoms with Crippen molar-refractivity contribution in [3.05, 3.63) is 71.8 Å². The van der Waals surface area contributed by atoms with Gasteiger partial charge in [-0.15, -0.1) is 0 Å². The minimum atomic E-state index is -0.153. The Hall–Kier alpha value is -3.41. The number of imidazole rings is 1. The zero-order chi connectivity index (χ0) is 18.3. The fourth-order valence-corrected chi connectivity index (χ4v) is 3.13. The molecule has 0 saturated carbocycles. The number of carbonyl (C=O) groups excluding carboxylic acids is 1. The SMILES string of the molecule is Cc1nn(C)c(C)c1C(=O)Nc1cccc(-c2cn3ccccc3n2)c1. The van der Waals surface area contributed by atoms with Crippen LogP contribution in [0, 0.1) is 13.8 Å². The van der Waals surface area contributed by atoms with E-state index in [0.29, 0.717) is 5.56 Å². The Balaban J connectivity index is 1.64. The molecule has 6 heteroatoms. The van der Waals surface area contributed by atoms with E-state index in [1.54, 1.807) is 4.68 Å². The van der Waals surface area contributed by atoms with Gasteiger partial charge in [-0.05, 0) is 38.1 Å². The second kappa shape index (κ2) is 6.15. The topological polar surface area (TPSA) is 64.2 Å². The van der Waals surface area contributed by atoms with E-state index in [9.17, 15) is 4.79 Å². The quantitative estimate of drug-likeness (QED) is 0.617. The molecule has 0 aliphatic rings. The van der Waals surface area contributed by atoms with Gasteiger partial charge in [-0.2, -0.15) is 5.10 Å². The molecule has 0 bridgehead atoms. The van der Waals surface area contributed by atoms with Gasteiger partial charge in [0.05, 0.1) is 17.0 Å². The molecule has 4 rings (SSSR count). The van der Waals surface area contributed by atoms with Gasteiger partial charge < -0.3 is 9.72 Å². The summed E-state index contributed by atoms with van der Waals surface area (Å²) in [6, 6.07) is 13.6. The van der Waals surface area contributed by atoms with Crippen LogP contribution in [0.3, 0.4) is 0 Å². The number of rotatable bonds is 3. The number of nitrogens with zero attached hydrogens (tertiary/aromatic N) is 4. The Morgan fingerprint density at radius 1 is 1.12 bits per heavy atom. The molecule has 0 saturated heterocycles. The van der Waals surface area contributed by atoms with Crippen LogP contribution < -0.4 is 5.32 Å². The molecular weight excluding hydrogens is 326 g/mol. The van der Waals surface area contributed by atoms with E-state index in [1.165, 1.54) is 0 Å². The lowest BCUT2D eigenvalue weighted by atomic mass is 10.1. The molecule has 3 heterocycles. The lowest BCUT2D eigenvalue weighted by molar-refractivity contribution is 0.102. The summed E-state index contributed by atoms with van der Waals surface area (Å²) < 4.78 is 3.69. The van der Waals surface area contributed by atoms with Gasteiger partial charge in [0.1, 0.15) is 5.65 Å². The van der Waals surface area contributed by atoms with Crippen molar-refractivity contribution in [3.8, 4) is 11.3 Å². The normalized spacial score (nSPS) is 11.0. The summed E-state index contributed by atoms with van der Waals surface area (Å²) in [6.07, 6.45) is 3.94. The zero-order valence-corrected chi connectivity index (χ0v) is 14.9. The monoisotopic (exact) mass is 345 g/mol. The summed E-state index contributed by atoms with van der Waals surface area (Å²) in [4.78, 5) is 17.3. The number of amides is 1. The molecule has 0 atom stereocenters. The van der Waals surface area contributed by atoms with Gasteiger partial charge in [0.25, 0.3) is 5.91 Å². The Bertz CT molecular complexity index is 1090. The van der Waals surface area contributed by atoms with Gasteiger partial charge in [-0.3, -0.25) is 9.48 Å². The number of benzene rings is 1. The van der Waals surface area contributed by atoms with E-state index in [4.69, 9.17) is 0 Å². The summed E-state index contributed by atoms with van der Waals surface area (Å²) in [7, 11) is 1.84. The van der Waals surface area contributed by atoms with Crippen LogP contribution in [-0.2, 0) is 7.05 Å². The van der Waals surface area contributed by atoms with Crippen molar-refractivity contribution in [2.75, 3.05) is 5.32 Å². The average molecular weight is 345 g/mol. The molecule has 3 aromatic heterocycles. The number of anilines is 1. The maximum Gasteiger partial charge on any atom is 0.259 e. The summed E-state index contributed by atoms with van der Waals surface area (Å²) >= 11 is 0. The molecule has 0 unspecified atom stereocenters. The first-order valence-electron chi connectivity index (χ1n) is 8.38. The standard InChI is InChI=1S/C20H19N5O/c1-13-19(14(2)24(3)23-13)20(26)21-16-8-6-7-15(11-16)17-12-25-10-5-4-9-18(25)22-17/h4-12H,1-3H3,(H,21,26). The van der Waals surface area contributed by atoms with E-state index >= 15 is 0 Å². The molecule has 6 nitrogen and oxygen atoms in total. The number of carbonyl (C=O) groups is 1. The Kier molecular flexibility index (Phi) is 3.80. The van der Waals surface area contributed by atoms with Crippen LogP contribution >= 0.6 is 0 Å². The van der Waals surface area contributed by atoms with Gasteiger partial charge in [0.2, 0.25) is 0 Å². The fourth-order valence-electron chi connectivity index (χ4n) is 3.13. The van der Waals surface area contributed by atoms with Crippen LogP contribution in [0.25, 0.3) is 16.9 Å². The third kappa shape index (κ3) is 2.75. The maximum absolute atomic E-state index is 12.7. The first-order valence-corrected chi connectivity index (χ1v) is 8.38. The van der Waals surface area contributed by atoms with Crippen LogP contribution in [0.4, 0.5) is 5.69 Å².